The predicted octanol–water partition coefficient (Wildman–Crippen LogP) is 3.88. The quantitative estimate of drug-likeness (QED) is 0.788. The van der Waals surface area contributed by atoms with Gasteiger partial charge < -0.3 is 20.3 Å². The first-order chi connectivity index (χ1) is 10.8. The summed E-state index contributed by atoms with van der Waals surface area (Å²) in [6.07, 6.45) is 3.08. The van der Waals surface area contributed by atoms with Crippen LogP contribution in [0.3, 0.4) is 0 Å². The Hall–Kier alpha value is -1.42. The van der Waals surface area contributed by atoms with E-state index in [1.165, 1.54) is 0 Å². The largest absolute Gasteiger partial charge is 0.507 e. The normalized spacial score (nSPS) is 29.6. The summed E-state index contributed by atoms with van der Waals surface area (Å²) in [5.41, 5.74) is 1.00. The van der Waals surface area contributed by atoms with E-state index in [4.69, 9.17) is 4.74 Å². The third kappa shape index (κ3) is 2.89. The van der Waals surface area contributed by atoms with Crippen LogP contribution in [0.4, 0.5) is 5.69 Å². The lowest BCUT2D eigenvalue weighted by Crippen LogP contribution is -2.45. The van der Waals surface area contributed by atoms with Gasteiger partial charge in [0.05, 0.1) is 5.60 Å². The molecule has 1 saturated carbocycles. The van der Waals surface area contributed by atoms with Gasteiger partial charge in [0.1, 0.15) is 17.6 Å². The van der Waals surface area contributed by atoms with Crippen LogP contribution in [0.15, 0.2) is 12.1 Å². The highest BCUT2D eigenvalue weighted by atomic mass is 16.5. The Morgan fingerprint density at radius 3 is 2.70 bits per heavy atom. The molecule has 0 amide bonds. The van der Waals surface area contributed by atoms with Gasteiger partial charge in [0.2, 0.25) is 0 Å². The third-order valence-corrected chi connectivity index (χ3v) is 5.48. The maximum Gasteiger partial charge on any atom is 0.129 e. The molecule has 0 bridgehead atoms. The Kier molecular flexibility index (Phi) is 4.21. The molecule has 1 aromatic carbocycles. The van der Waals surface area contributed by atoms with Crippen molar-refractivity contribution in [2.45, 2.75) is 64.6 Å². The molecule has 2 aliphatic rings. The van der Waals surface area contributed by atoms with Crippen LogP contribution in [0.1, 0.15) is 58.4 Å². The maximum atomic E-state index is 10.6. The number of phenols is 1. The molecule has 0 aromatic heterocycles. The molecule has 4 unspecified atom stereocenters. The molecule has 0 saturated heterocycles. The molecule has 1 aliphatic heterocycles. The summed E-state index contributed by atoms with van der Waals surface area (Å²) in [7, 11) is 0. The second-order valence-electron chi connectivity index (χ2n) is 7.76. The third-order valence-electron chi connectivity index (χ3n) is 5.48. The van der Waals surface area contributed by atoms with E-state index in [0.29, 0.717) is 5.92 Å². The first-order valence-electron chi connectivity index (χ1n) is 8.82. The van der Waals surface area contributed by atoms with Crippen LogP contribution < -0.4 is 10.1 Å². The van der Waals surface area contributed by atoms with Crippen molar-refractivity contribution in [3.05, 3.63) is 17.7 Å². The van der Waals surface area contributed by atoms with Gasteiger partial charge in [-0.3, -0.25) is 0 Å². The van der Waals surface area contributed by atoms with Crippen LogP contribution in [0, 0.1) is 11.8 Å². The van der Waals surface area contributed by atoms with Crippen LogP contribution in [-0.2, 0) is 0 Å². The first kappa shape index (κ1) is 16.4. The summed E-state index contributed by atoms with van der Waals surface area (Å²) in [4.78, 5) is 0. The molecule has 1 heterocycles. The Morgan fingerprint density at radius 1 is 1.30 bits per heavy atom. The second-order valence-corrected chi connectivity index (χ2v) is 7.76. The summed E-state index contributed by atoms with van der Waals surface area (Å²) in [5, 5.41) is 24.5. The highest BCUT2D eigenvalue weighted by Crippen LogP contribution is 2.56. The van der Waals surface area contributed by atoms with Crippen molar-refractivity contribution >= 4 is 5.69 Å². The van der Waals surface area contributed by atoms with Crippen molar-refractivity contribution < 1.29 is 14.9 Å². The average Bonchev–Trinajstić information content (AvgIpc) is 2.84. The van der Waals surface area contributed by atoms with Gasteiger partial charge in [-0.2, -0.15) is 0 Å². The molecule has 128 valence electrons. The molecule has 4 atom stereocenters. The lowest BCUT2D eigenvalue weighted by atomic mass is 9.65. The van der Waals surface area contributed by atoms with Gasteiger partial charge in [-0.15, -0.1) is 0 Å². The monoisotopic (exact) mass is 319 g/mol. The molecule has 0 radical (unpaired) electrons. The van der Waals surface area contributed by atoms with Crippen molar-refractivity contribution in [2.75, 3.05) is 11.9 Å². The smallest absolute Gasteiger partial charge is 0.129 e. The molecular formula is C19H29NO3. The number of hydrogen-bond acceptors (Lipinski definition) is 4. The minimum atomic E-state index is -0.778. The standard InChI is InChI=1S/C19H29NO3/c1-5-8-20-12-9-14(21)17-15(10-12)23-18-11(2)6-7-13(16(17)18)19(3,4)22/h9-11,13,16,18,20-22H,5-8H2,1-4H3. The van der Waals surface area contributed by atoms with Crippen molar-refractivity contribution in [3.8, 4) is 11.5 Å². The summed E-state index contributed by atoms with van der Waals surface area (Å²) in [5.74, 6) is 1.66. The predicted molar refractivity (Wildman–Crippen MR) is 92.2 cm³/mol. The van der Waals surface area contributed by atoms with Gasteiger partial charge in [-0.1, -0.05) is 13.8 Å². The number of fused-ring (bicyclic) bond motifs is 3. The zero-order chi connectivity index (χ0) is 16.8. The average molecular weight is 319 g/mol. The summed E-state index contributed by atoms with van der Waals surface area (Å²) < 4.78 is 6.24. The molecule has 4 nitrogen and oxygen atoms in total. The Labute approximate surface area is 138 Å². The van der Waals surface area contributed by atoms with E-state index in [0.717, 1.165) is 42.8 Å². The SMILES string of the molecule is CCCNc1cc(O)c2c(c1)OC1C(C)CCC(C(C)(C)O)C21. The Balaban J connectivity index is 2.00. The van der Waals surface area contributed by atoms with Gasteiger partial charge in [-0.05, 0) is 44.9 Å². The lowest BCUT2D eigenvalue weighted by Gasteiger charge is -2.42. The fourth-order valence-corrected chi connectivity index (χ4v) is 4.28. The zero-order valence-corrected chi connectivity index (χ0v) is 14.6. The number of aromatic hydroxyl groups is 1. The van der Waals surface area contributed by atoms with E-state index >= 15 is 0 Å². The fraction of sp³-hybridized carbons (Fsp3) is 0.684. The number of hydrogen-bond donors (Lipinski definition) is 3. The maximum absolute atomic E-state index is 10.6. The first-order valence-corrected chi connectivity index (χ1v) is 8.82. The molecule has 1 aromatic rings. The van der Waals surface area contributed by atoms with E-state index in [9.17, 15) is 10.2 Å². The van der Waals surface area contributed by atoms with Crippen molar-refractivity contribution in [1.29, 1.82) is 0 Å². The number of nitrogens with one attached hydrogen (secondary N) is 1. The Morgan fingerprint density at radius 2 is 2.04 bits per heavy atom. The lowest BCUT2D eigenvalue weighted by molar-refractivity contribution is -0.0432. The highest BCUT2D eigenvalue weighted by Gasteiger charge is 2.51. The molecule has 1 fully saturated rings. The highest BCUT2D eigenvalue weighted by molar-refractivity contribution is 5.61. The fourth-order valence-electron chi connectivity index (χ4n) is 4.28. The molecule has 4 heteroatoms. The minimum Gasteiger partial charge on any atom is -0.507 e. The van der Waals surface area contributed by atoms with Crippen LogP contribution in [0.5, 0.6) is 11.5 Å². The van der Waals surface area contributed by atoms with E-state index in [1.807, 2.05) is 19.9 Å². The number of rotatable bonds is 4. The van der Waals surface area contributed by atoms with Gasteiger partial charge in [0, 0.05) is 35.8 Å². The second kappa shape index (κ2) is 5.90. The van der Waals surface area contributed by atoms with Crippen LogP contribution in [0.25, 0.3) is 0 Å². The number of ether oxygens (including phenoxy) is 1. The van der Waals surface area contributed by atoms with E-state index in [2.05, 4.69) is 19.2 Å². The number of phenolic OH excluding ortho intramolecular Hbond substituents is 1. The number of anilines is 1. The molecule has 0 spiro atoms. The topological polar surface area (TPSA) is 61.7 Å². The van der Waals surface area contributed by atoms with E-state index in [-0.39, 0.29) is 23.7 Å². The van der Waals surface area contributed by atoms with Gasteiger partial charge in [0.25, 0.3) is 0 Å². The van der Waals surface area contributed by atoms with Crippen LogP contribution in [0.2, 0.25) is 0 Å². The number of benzene rings is 1. The van der Waals surface area contributed by atoms with Gasteiger partial charge in [-0.25, -0.2) is 0 Å². The van der Waals surface area contributed by atoms with Crippen LogP contribution in [-0.4, -0.2) is 28.5 Å². The van der Waals surface area contributed by atoms with Crippen LogP contribution >= 0.6 is 0 Å². The molecule has 3 N–H and O–H groups in total. The van der Waals surface area contributed by atoms with Crippen molar-refractivity contribution in [3.63, 3.8) is 0 Å². The van der Waals surface area contributed by atoms with Crippen molar-refractivity contribution in [1.82, 2.24) is 0 Å². The molecule has 1 aliphatic carbocycles. The van der Waals surface area contributed by atoms with E-state index in [1.54, 1.807) is 6.07 Å². The summed E-state index contributed by atoms with van der Waals surface area (Å²) >= 11 is 0. The summed E-state index contributed by atoms with van der Waals surface area (Å²) in [6.45, 7) is 8.93. The van der Waals surface area contributed by atoms with Crippen molar-refractivity contribution in [2.24, 2.45) is 11.8 Å². The van der Waals surface area contributed by atoms with Gasteiger partial charge in [0.15, 0.2) is 0 Å². The molecule has 3 rings (SSSR count). The molecular weight excluding hydrogens is 290 g/mol. The Bertz CT molecular complexity index is 579. The zero-order valence-electron chi connectivity index (χ0n) is 14.6. The minimum absolute atomic E-state index is 0.0440. The number of aliphatic hydroxyl groups is 1. The summed E-state index contributed by atoms with van der Waals surface area (Å²) in [6, 6.07) is 3.79. The van der Waals surface area contributed by atoms with E-state index < -0.39 is 5.60 Å². The van der Waals surface area contributed by atoms with Gasteiger partial charge >= 0.3 is 0 Å². The molecule has 23 heavy (non-hydrogen) atoms.